The highest BCUT2D eigenvalue weighted by atomic mass is 32.1. The molecule has 0 aliphatic heterocycles. The summed E-state index contributed by atoms with van der Waals surface area (Å²) in [6.45, 7) is 0.276. The van der Waals surface area contributed by atoms with E-state index >= 15 is 0 Å². The van der Waals surface area contributed by atoms with Gasteiger partial charge >= 0.3 is 0 Å². The number of aromatic nitrogens is 1. The molecule has 3 aromatic rings. The molecule has 2 N–H and O–H groups in total. The van der Waals surface area contributed by atoms with Crippen molar-refractivity contribution in [2.24, 2.45) is 0 Å². The summed E-state index contributed by atoms with van der Waals surface area (Å²) in [5, 5.41) is 2.83. The van der Waals surface area contributed by atoms with Crippen LogP contribution < -0.4 is 10.5 Å². The lowest BCUT2D eigenvalue weighted by molar-refractivity contribution is 0.307. The first-order valence-electron chi connectivity index (χ1n) is 6.39. The monoisotopic (exact) mass is 300 g/mol. The smallest absolute Gasteiger partial charge is 0.142 e. The van der Waals surface area contributed by atoms with Gasteiger partial charge < -0.3 is 10.5 Å². The van der Waals surface area contributed by atoms with Crippen LogP contribution in [0.3, 0.4) is 0 Å². The quantitative estimate of drug-likeness (QED) is 0.738. The molecule has 0 atom stereocenters. The Morgan fingerprint density at radius 2 is 2.10 bits per heavy atom. The summed E-state index contributed by atoms with van der Waals surface area (Å²) in [4.78, 5) is 4.24. The number of thiazole rings is 1. The molecule has 0 aliphatic carbocycles. The molecule has 0 aliphatic rings. The van der Waals surface area contributed by atoms with Crippen molar-refractivity contribution in [3.05, 3.63) is 65.4 Å². The molecule has 3 rings (SSSR count). The predicted octanol–water partition coefficient (Wildman–Crippen LogP) is 4.11. The van der Waals surface area contributed by atoms with E-state index < -0.39 is 0 Å². The van der Waals surface area contributed by atoms with Gasteiger partial charge in [0.25, 0.3) is 0 Å². The van der Waals surface area contributed by atoms with Gasteiger partial charge in [-0.15, -0.1) is 11.3 Å². The first-order chi connectivity index (χ1) is 10.2. The Kier molecular flexibility index (Phi) is 3.83. The van der Waals surface area contributed by atoms with Crippen LogP contribution in [0.4, 0.5) is 10.1 Å². The molecule has 1 heterocycles. The molecule has 0 unspecified atom stereocenters. The van der Waals surface area contributed by atoms with Crippen LogP contribution in [0.1, 0.15) is 5.56 Å². The molecule has 0 spiro atoms. The summed E-state index contributed by atoms with van der Waals surface area (Å²) < 4.78 is 18.7. The number of anilines is 1. The summed E-state index contributed by atoms with van der Waals surface area (Å²) in [6, 6.07) is 11.9. The number of halogens is 1. The van der Waals surface area contributed by atoms with Gasteiger partial charge in [0.15, 0.2) is 0 Å². The van der Waals surface area contributed by atoms with Crippen molar-refractivity contribution in [2.45, 2.75) is 6.61 Å². The fourth-order valence-corrected chi connectivity index (χ4v) is 2.60. The van der Waals surface area contributed by atoms with Crippen molar-refractivity contribution in [1.82, 2.24) is 4.98 Å². The summed E-state index contributed by atoms with van der Waals surface area (Å²) in [6.07, 6.45) is 1.75. The number of hydrogen-bond acceptors (Lipinski definition) is 4. The van der Waals surface area contributed by atoms with Gasteiger partial charge in [0.05, 0.1) is 5.69 Å². The van der Waals surface area contributed by atoms with Crippen molar-refractivity contribution in [1.29, 1.82) is 0 Å². The van der Waals surface area contributed by atoms with Crippen molar-refractivity contribution in [2.75, 3.05) is 5.73 Å². The molecular weight excluding hydrogens is 287 g/mol. The second-order valence-electron chi connectivity index (χ2n) is 4.51. The third-order valence-electron chi connectivity index (χ3n) is 2.97. The standard InChI is InChI=1S/C16H13FN2OS/c17-13-3-1-2-11(8-13)10-20-15-5-4-12(9-14(15)18)16-19-6-7-21-16/h1-9H,10,18H2. The summed E-state index contributed by atoms with van der Waals surface area (Å²) >= 11 is 1.55. The molecule has 21 heavy (non-hydrogen) atoms. The van der Waals surface area contributed by atoms with Crippen LogP contribution in [0.2, 0.25) is 0 Å². The van der Waals surface area contributed by atoms with Gasteiger partial charge in [0, 0.05) is 17.1 Å². The second kappa shape index (κ2) is 5.93. The van der Waals surface area contributed by atoms with E-state index in [0.717, 1.165) is 16.1 Å². The van der Waals surface area contributed by atoms with Gasteiger partial charge in [-0.25, -0.2) is 9.37 Å². The molecule has 5 heteroatoms. The Morgan fingerprint density at radius 3 is 2.81 bits per heavy atom. The number of ether oxygens (including phenoxy) is 1. The van der Waals surface area contributed by atoms with Crippen LogP contribution >= 0.6 is 11.3 Å². The average Bonchev–Trinajstić information content (AvgIpc) is 3.00. The maximum Gasteiger partial charge on any atom is 0.142 e. The van der Waals surface area contributed by atoms with Gasteiger partial charge in [-0.2, -0.15) is 0 Å². The van der Waals surface area contributed by atoms with Crippen molar-refractivity contribution < 1.29 is 9.13 Å². The maximum absolute atomic E-state index is 13.1. The zero-order chi connectivity index (χ0) is 14.7. The summed E-state index contributed by atoms with van der Waals surface area (Å²) in [5.74, 6) is 0.308. The molecule has 1 aromatic heterocycles. The Bertz CT molecular complexity index is 744. The first kappa shape index (κ1) is 13.6. The number of hydrogen-bond donors (Lipinski definition) is 1. The Labute approximate surface area is 125 Å². The van der Waals surface area contributed by atoms with Crippen LogP contribution in [-0.4, -0.2) is 4.98 Å². The third-order valence-corrected chi connectivity index (χ3v) is 3.79. The minimum Gasteiger partial charge on any atom is -0.487 e. The van der Waals surface area contributed by atoms with Gasteiger partial charge in [-0.05, 0) is 35.9 Å². The zero-order valence-electron chi connectivity index (χ0n) is 11.1. The van der Waals surface area contributed by atoms with Crippen LogP contribution in [-0.2, 0) is 6.61 Å². The molecule has 0 radical (unpaired) electrons. The van der Waals surface area contributed by atoms with E-state index in [1.54, 1.807) is 23.6 Å². The summed E-state index contributed by atoms with van der Waals surface area (Å²) in [7, 11) is 0. The fourth-order valence-electron chi connectivity index (χ4n) is 1.97. The fraction of sp³-hybridized carbons (Fsp3) is 0.0625. The molecule has 2 aromatic carbocycles. The van der Waals surface area contributed by atoms with Crippen molar-refractivity contribution in [3.63, 3.8) is 0 Å². The molecule has 0 saturated carbocycles. The van der Waals surface area contributed by atoms with Gasteiger partial charge in [-0.1, -0.05) is 12.1 Å². The topological polar surface area (TPSA) is 48.1 Å². The molecule has 3 nitrogen and oxygen atoms in total. The van der Waals surface area contributed by atoms with Crippen molar-refractivity contribution in [3.8, 4) is 16.3 Å². The Morgan fingerprint density at radius 1 is 1.19 bits per heavy atom. The van der Waals surface area contributed by atoms with Crippen LogP contribution in [0.25, 0.3) is 10.6 Å². The molecule has 106 valence electrons. The Balaban J connectivity index is 1.74. The van der Waals surface area contributed by atoms with E-state index in [4.69, 9.17) is 10.5 Å². The lowest BCUT2D eigenvalue weighted by Gasteiger charge is -2.10. The minimum atomic E-state index is -0.275. The van der Waals surface area contributed by atoms with Crippen LogP contribution in [0.15, 0.2) is 54.0 Å². The second-order valence-corrected chi connectivity index (χ2v) is 5.40. The van der Waals surface area contributed by atoms with E-state index in [1.165, 1.54) is 12.1 Å². The number of nitrogen functional groups attached to an aromatic ring is 1. The zero-order valence-corrected chi connectivity index (χ0v) is 11.9. The molecule has 0 fully saturated rings. The Hall–Kier alpha value is -2.40. The lowest BCUT2D eigenvalue weighted by Crippen LogP contribution is -1.99. The molecular formula is C16H13FN2OS. The van der Waals surface area contributed by atoms with Gasteiger partial charge in [0.2, 0.25) is 0 Å². The highest BCUT2D eigenvalue weighted by Crippen LogP contribution is 2.30. The van der Waals surface area contributed by atoms with Gasteiger partial charge in [0.1, 0.15) is 23.2 Å². The van der Waals surface area contributed by atoms with Crippen LogP contribution in [0.5, 0.6) is 5.75 Å². The van der Waals surface area contributed by atoms with Crippen LogP contribution in [0, 0.1) is 5.82 Å². The first-order valence-corrected chi connectivity index (χ1v) is 7.27. The number of rotatable bonds is 4. The number of nitrogens with two attached hydrogens (primary N) is 1. The van der Waals surface area contributed by atoms with E-state index in [0.29, 0.717) is 11.4 Å². The largest absolute Gasteiger partial charge is 0.487 e. The highest BCUT2D eigenvalue weighted by molar-refractivity contribution is 7.13. The van der Waals surface area contributed by atoms with E-state index in [2.05, 4.69) is 4.98 Å². The predicted molar refractivity (Wildman–Crippen MR) is 82.7 cm³/mol. The number of nitrogens with zero attached hydrogens (tertiary/aromatic N) is 1. The SMILES string of the molecule is Nc1cc(-c2nccs2)ccc1OCc1cccc(F)c1. The number of benzene rings is 2. The van der Waals surface area contributed by atoms with Crippen molar-refractivity contribution >= 4 is 17.0 Å². The maximum atomic E-state index is 13.1. The lowest BCUT2D eigenvalue weighted by atomic mass is 10.2. The van der Waals surface area contributed by atoms with E-state index in [9.17, 15) is 4.39 Å². The minimum absolute atomic E-state index is 0.275. The summed E-state index contributed by atoms with van der Waals surface area (Å²) in [5.41, 5.74) is 8.26. The molecule has 0 amide bonds. The average molecular weight is 300 g/mol. The van der Waals surface area contributed by atoms with E-state index in [1.807, 2.05) is 29.6 Å². The molecule has 0 saturated heterocycles. The normalized spacial score (nSPS) is 10.5. The molecule has 0 bridgehead atoms. The highest BCUT2D eigenvalue weighted by Gasteiger charge is 2.06. The third kappa shape index (κ3) is 3.20. The van der Waals surface area contributed by atoms with Gasteiger partial charge in [-0.3, -0.25) is 0 Å². The van der Waals surface area contributed by atoms with E-state index in [-0.39, 0.29) is 12.4 Å².